The van der Waals surface area contributed by atoms with E-state index in [2.05, 4.69) is 5.32 Å². The van der Waals surface area contributed by atoms with Crippen LogP contribution in [-0.4, -0.2) is 47.1 Å². The van der Waals surface area contributed by atoms with Crippen molar-refractivity contribution in [2.45, 2.75) is 0 Å². The van der Waals surface area contributed by atoms with Crippen molar-refractivity contribution in [3.05, 3.63) is 39.9 Å². The standard InChI is InChI=1S/C12H13N3O4S/c16-11(9-3-1-2-4-10(9)15(17)18)13-12(20)14-5-7-19-8-6-14/h1-4H,5-8H2,(H,13,16,20). The number of carbonyl (C=O) groups excluding carboxylic acids is 1. The minimum absolute atomic E-state index is 0.00638. The minimum atomic E-state index is -0.591. The molecule has 0 aliphatic carbocycles. The summed E-state index contributed by atoms with van der Waals surface area (Å²) in [5.74, 6) is -0.575. The third-order valence-corrected chi connectivity index (χ3v) is 3.22. The second-order valence-electron chi connectivity index (χ2n) is 4.13. The van der Waals surface area contributed by atoms with E-state index in [1.165, 1.54) is 18.2 Å². The molecule has 0 unspecified atom stereocenters. The molecule has 1 aromatic carbocycles. The molecule has 1 aliphatic rings. The molecular formula is C12H13N3O4S. The van der Waals surface area contributed by atoms with Crippen molar-refractivity contribution in [3.8, 4) is 0 Å². The Balaban J connectivity index is 2.08. The molecule has 8 heteroatoms. The normalized spacial score (nSPS) is 14.7. The largest absolute Gasteiger partial charge is 0.378 e. The Bertz CT molecular complexity index is 543. The molecule has 1 saturated heterocycles. The smallest absolute Gasteiger partial charge is 0.282 e. The third kappa shape index (κ3) is 3.28. The summed E-state index contributed by atoms with van der Waals surface area (Å²) in [7, 11) is 0. The van der Waals surface area contributed by atoms with Gasteiger partial charge in [-0.3, -0.25) is 20.2 Å². The van der Waals surface area contributed by atoms with Gasteiger partial charge in [-0.2, -0.15) is 0 Å². The fourth-order valence-corrected chi connectivity index (χ4v) is 2.11. The van der Waals surface area contributed by atoms with Gasteiger partial charge < -0.3 is 9.64 Å². The summed E-state index contributed by atoms with van der Waals surface area (Å²) < 4.78 is 5.19. The van der Waals surface area contributed by atoms with Crippen LogP contribution in [0.25, 0.3) is 0 Å². The van der Waals surface area contributed by atoms with E-state index in [1.54, 1.807) is 11.0 Å². The highest BCUT2D eigenvalue weighted by Crippen LogP contribution is 2.17. The van der Waals surface area contributed by atoms with E-state index >= 15 is 0 Å². The number of benzene rings is 1. The molecule has 106 valence electrons. The SMILES string of the molecule is O=C(NC(=S)N1CCOCC1)c1ccccc1[N+](=O)[O-]. The monoisotopic (exact) mass is 295 g/mol. The van der Waals surface area contributed by atoms with Gasteiger partial charge in [-0.05, 0) is 18.3 Å². The highest BCUT2D eigenvalue weighted by molar-refractivity contribution is 7.80. The average Bonchev–Trinajstić information content (AvgIpc) is 2.48. The predicted octanol–water partition coefficient (Wildman–Crippen LogP) is 0.942. The van der Waals surface area contributed by atoms with Crippen LogP contribution in [0.15, 0.2) is 24.3 Å². The number of nitro benzene ring substituents is 1. The first-order valence-corrected chi connectivity index (χ1v) is 6.42. The molecule has 1 amide bonds. The number of nitrogens with one attached hydrogen (secondary N) is 1. The Labute approximate surface area is 120 Å². The number of amides is 1. The molecule has 0 spiro atoms. The van der Waals surface area contributed by atoms with Crippen LogP contribution in [0.5, 0.6) is 0 Å². The van der Waals surface area contributed by atoms with E-state index in [4.69, 9.17) is 17.0 Å². The number of morpholine rings is 1. The number of ether oxygens (including phenoxy) is 1. The first-order valence-electron chi connectivity index (χ1n) is 6.01. The van der Waals surface area contributed by atoms with Gasteiger partial charge in [0.05, 0.1) is 18.1 Å². The van der Waals surface area contributed by atoms with Gasteiger partial charge in [0, 0.05) is 19.2 Å². The van der Waals surface area contributed by atoms with Crippen molar-refractivity contribution < 1.29 is 14.5 Å². The van der Waals surface area contributed by atoms with E-state index in [9.17, 15) is 14.9 Å². The van der Waals surface area contributed by atoms with Crippen LogP contribution < -0.4 is 5.32 Å². The van der Waals surface area contributed by atoms with Crippen LogP contribution in [0, 0.1) is 10.1 Å². The molecule has 0 radical (unpaired) electrons. The number of hydrogen-bond donors (Lipinski definition) is 1. The molecule has 0 bridgehead atoms. The summed E-state index contributed by atoms with van der Waals surface area (Å²) in [6.45, 7) is 2.27. The Kier molecular flexibility index (Phi) is 4.59. The molecule has 20 heavy (non-hydrogen) atoms. The van der Waals surface area contributed by atoms with Crippen LogP contribution in [-0.2, 0) is 4.74 Å². The van der Waals surface area contributed by atoms with Gasteiger partial charge in [-0.15, -0.1) is 0 Å². The van der Waals surface area contributed by atoms with Gasteiger partial charge in [0.1, 0.15) is 5.56 Å². The second-order valence-corrected chi connectivity index (χ2v) is 4.52. The molecule has 1 N–H and O–H groups in total. The lowest BCUT2D eigenvalue weighted by Crippen LogP contribution is -2.47. The molecule has 1 heterocycles. The number of thiocarbonyl (C=S) groups is 1. The van der Waals surface area contributed by atoms with Crippen LogP contribution in [0.4, 0.5) is 5.69 Å². The average molecular weight is 295 g/mol. The van der Waals surface area contributed by atoms with Crippen LogP contribution in [0.1, 0.15) is 10.4 Å². The van der Waals surface area contributed by atoms with Gasteiger partial charge in [0.2, 0.25) is 0 Å². The van der Waals surface area contributed by atoms with Crippen molar-refractivity contribution in [1.29, 1.82) is 0 Å². The maximum atomic E-state index is 12.1. The fraction of sp³-hybridized carbons (Fsp3) is 0.333. The van der Waals surface area contributed by atoms with Crippen molar-refractivity contribution >= 4 is 28.9 Å². The quantitative estimate of drug-likeness (QED) is 0.496. The number of carbonyl (C=O) groups is 1. The lowest BCUT2D eigenvalue weighted by molar-refractivity contribution is -0.385. The summed E-state index contributed by atoms with van der Waals surface area (Å²) in [6.07, 6.45) is 0. The Morgan fingerprint density at radius 2 is 2.00 bits per heavy atom. The predicted molar refractivity (Wildman–Crippen MR) is 75.6 cm³/mol. The van der Waals surface area contributed by atoms with Crippen molar-refractivity contribution in [2.75, 3.05) is 26.3 Å². The first-order chi connectivity index (χ1) is 9.59. The van der Waals surface area contributed by atoms with Crippen molar-refractivity contribution in [1.82, 2.24) is 10.2 Å². The molecule has 7 nitrogen and oxygen atoms in total. The zero-order valence-corrected chi connectivity index (χ0v) is 11.4. The molecule has 1 fully saturated rings. The fourth-order valence-electron chi connectivity index (χ4n) is 1.83. The molecule has 1 aliphatic heterocycles. The van der Waals surface area contributed by atoms with E-state index in [-0.39, 0.29) is 16.4 Å². The zero-order valence-electron chi connectivity index (χ0n) is 10.6. The highest BCUT2D eigenvalue weighted by Gasteiger charge is 2.22. The van der Waals surface area contributed by atoms with E-state index in [1.807, 2.05) is 0 Å². The Morgan fingerprint density at radius 3 is 2.65 bits per heavy atom. The summed E-state index contributed by atoms with van der Waals surface area (Å²) in [5, 5.41) is 13.7. The van der Waals surface area contributed by atoms with Gasteiger partial charge in [-0.1, -0.05) is 12.1 Å². The summed E-state index contributed by atoms with van der Waals surface area (Å²) in [4.78, 5) is 24.1. The zero-order chi connectivity index (χ0) is 14.5. The first kappa shape index (κ1) is 14.4. The number of hydrogen-bond acceptors (Lipinski definition) is 5. The molecule has 0 atom stereocenters. The lowest BCUT2D eigenvalue weighted by atomic mass is 10.1. The van der Waals surface area contributed by atoms with Gasteiger partial charge in [0.15, 0.2) is 5.11 Å². The number of para-hydroxylation sites is 1. The Morgan fingerprint density at radius 1 is 1.35 bits per heavy atom. The molecule has 0 saturated carbocycles. The van der Waals surface area contributed by atoms with Gasteiger partial charge in [-0.25, -0.2) is 0 Å². The van der Waals surface area contributed by atoms with Crippen molar-refractivity contribution in [2.24, 2.45) is 0 Å². The summed E-state index contributed by atoms with van der Waals surface area (Å²) in [5.41, 5.74) is -0.247. The van der Waals surface area contributed by atoms with E-state index in [0.717, 1.165) is 0 Å². The third-order valence-electron chi connectivity index (χ3n) is 2.86. The maximum Gasteiger partial charge on any atom is 0.282 e. The maximum absolute atomic E-state index is 12.1. The number of nitro groups is 1. The Hall–Kier alpha value is -2.06. The number of nitrogens with zero attached hydrogens (tertiary/aromatic N) is 2. The second kappa shape index (κ2) is 6.40. The number of rotatable bonds is 2. The summed E-state index contributed by atoms with van der Waals surface area (Å²) in [6, 6.07) is 5.76. The van der Waals surface area contributed by atoms with Gasteiger partial charge in [0.25, 0.3) is 11.6 Å². The summed E-state index contributed by atoms with van der Waals surface area (Å²) >= 11 is 5.13. The lowest BCUT2D eigenvalue weighted by Gasteiger charge is -2.28. The molecular weight excluding hydrogens is 282 g/mol. The van der Waals surface area contributed by atoms with Crippen LogP contribution in [0.3, 0.4) is 0 Å². The van der Waals surface area contributed by atoms with E-state index in [0.29, 0.717) is 26.3 Å². The van der Waals surface area contributed by atoms with Crippen molar-refractivity contribution in [3.63, 3.8) is 0 Å². The van der Waals surface area contributed by atoms with Gasteiger partial charge >= 0.3 is 0 Å². The molecule has 1 aromatic rings. The van der Waals surface area contributed by atoms with E-state index < -0.39 is 10.8 Å². The van der Waals surface area contributed by atoms with Crippen LogP contribution in [0.2, 0.25) is 0 Å². The minimum Gasteiger partial charge on any atom is -0.378 e. The highest BCUT2D eigenvalue weighted by atomic mass is 32.1. The molecule has 0 aromatic heterocycles. The topological polar surface area (TPSA) is 84.7 Å². The molecule has 2 rings (SSSR count). The van der Waals surface area contributed by atoms with Crippen LogP contribution >= 0.6 is 12.2 Å².